The number of guanidine groups is 1. The summed E-state index contributed by atoms with van der Waals surface area (Å²) >= 11 is 1.71. The Morgan fingerprint density at radius 3 is 2.64 bits per heavy atom. The average molecular weight is 472 g/mol. The van der Waals surface area contributed by atoms with Crippen molar-refractivity contribution >= 4 is 41.3 Å². The number of rotatable bonds is 6. The van der Waals surface area contributed by atoms with E-state index in [2.05, 4.69) is 50.9 Å². The lowest BCUT2D eigenvalue weighted by Crippen LogP contribution is -2.35. The number of hydrogen-bond donors (Lipinski definition) is 2. The lowest BCUT2D eigenvalue weighted by molar-refractivity contribution is 0.0341. The van der Waals surface area contributed by atoms with E-state index in [1.807, 2.05) is 6.07 Å². The van der Waals surface area contributed by atoms with Crippen LogP contribution >= 0.6 is 35.3 Å². The highest BCUT2D eigenvalue weighted by Gasteiger charge is 2.12. The van der Waals surface area contributed by atoms with Crippen molar-refractivity contribution in [1.29, 1.82) is 0 Å². The zero-order valence-corrected chi connectivity index (χ0v) is 17.3. The monoisotopic (exact) mass is 472 g/mol. The largest absolute Gasteiger partial charge is 0.379 e. The number of benzene rings is 1. The van der Waals surface area contributed by atoms with Gasteiger partial charge < -0.3 is 15.8 Å². The molecule has 5 nitrogen and oxygen atoms in total. The average Bonchev–Trinajstić information content (AvgIpc) is 3.14. The first kappa shape index (κ1) is 20.2. The van der Waals surface area contributed by atoms with Gasteiger partial charge in [-0.1, -0.05) is 30.3 Å². The molecule has 0 bridgehead atoms. The highest BCUT2D eigenvalue weighted by atomic mass is 127. The summed E-state index contributed by atoms with van der Waals surface area (Å²) < 4.78 is 5.42. The number of morpholine rings is 1. The summed E-state index contributed by atoms with van der Waals surface area (Å²) in [4.78, 5) is 8.16. The number of hydrogen-bond acceptors (Lipinski definition) is 4. The quantitative estimate of drug-likeness (QED) is 0.386. The van der Waals surface area contributed by atoms with E-state index in [0.717, 1.165) is 39.4 Å². The Balaban J connectivity index is 0.00000225. The van der Waals surface area contributed by atoms with Crippen molar-refractivity contribution < 1.29 is 4.74 Å². The van der Waals surface area contributed by atoms with Crippen LogP contribution in [0.5, 0.6) is 0 Å². The second-order valence-electron chi connectivity index (χ2n) is 5.79. The molecule has 3 rings (SSSR count). The van der Waals surface area contributed by atoms with Crippen molar-refractivity contribution in [1.82, 2.24) is 10.2 Å². The van der Waals surface area contributed by atoms with Gasteiger partial charge in [-0.05, 0) is 22.6 Å². The Morgan fingerprint density at radius 2 is 1.92 bits per heavy atom. The third kappa shape index (κ3) is 6.58. The number of thiophene rings is 1. The van der Waals surface area contributed by atoms with Crippen LogP contribution in [-0.2, 0) is 24.4 Å². The molecule has 0 spiro atoms. The van der Waals surface area contributed by atoms with E-state index >= 15 is 0 Å². The molecule has 136 valence electrons. The fraction of sp³-hybridized carbons (Fsp3) is 0.389. The predicted octanol–water partition coefficient (Wildman–Crippen LogP) is 2.80. The molecule has 0 aliphatic carbocycles. The molecule has 1 aliphatic rings. The highest BCUT2D eigenvalue weighted by Crippen LogP contribution is 2.14. The molecule has 7 heteroatoms. The molecule has 1 aliphatic heterocycles. The maximum Gasteiger partial charge on any atom is 0.189 e. The minimum absolute atomic E-state index is 0. The van der Waals surface area contributed by atoms with Gasteiger partial charge in [0.25, 0.3) is 0 Å². The Labute approximate surface area is 170 Å². The summed E-state index contributed by atoms with van der Waals surface area (Å²) in [5, 5.41) is 5.23. The summed E-state index contributed by atoms with van der Waals surface area (Å²) in [7, 11) is 0. The van der Waals surface area contributed by atoms with E-state index < -0.39 is 0 Å². The summed E-state index contributed by atoms with van der Waals surface area (Å²) in [5.41, 5.74) is 8.53. The van der Waals surface area contributed by atoms with Gasteiger partial charge in [0, 0.05) is 24.5 Å². The lowest BCUT2D eigenvalue weighted by Gasteiger charge is -2.27. The molecule has 1 fully saturated rings. The van der Waals surface area contributed by atoms with Crippen LogP contribution in [0.4, 0.5) is 0 Å². The molecular weight excluding hydrogens is 447 g/mol. The van der Waals surface area contributed by atoms with Crippen molar-refractivity contribution in [2.75, 3.05) is 26.3 Å². The number of aliphatic imine (C=N–C) groups is 1. The van der Waals surface area contributed by atoms with Crippen molar-refractivity contribution in [2.24, 2.45) is 10.7 Å². The smallest absolute Gasteiger partial charge is 0.189 e. The fourth-order valence-corrected chi connectivity index (χ4v) is 3.33. The van der Waals surface area contributed by atoms with Crippen LogP contribution in [0, 0.1) is 0 Å². The number of nitrogens with zero attached hydrogens (tertiary/aromatic N) is 2. The molecule has 0 atom stereocenters. The van der Waals surface area contributed by atoms with Gasteiger partial charge >= 0.3 is 0 Å². The highest BCUT2D eigenvalue weighted by molar-refractivity contribution is 14.0. The summed E-state index contributed by atoms with van der Waals surface area (Å²) in [6.07, 6.45) is 0. The summed E-state index contributed by atoms with van der Waals surface area (Å²) in [6, 6.07) is 12.6. The molecule has 0 radical (unpaired) electrons. The van der Waals surface area contributed by atoms with Crippen molar-refractivity contribution in [3.05, 3.63) is 57.8 Å². The van der Waals surface area contributed by atoms with Gasteiger partial charge in [-0.3, -0.25) is 4.90 Å². The Hall–Kier alpha value is -1.16. The van der Waals surface area contributed by atoms with E-state index in [4.69, 9.17) is 10.5 Å². The Kier molecular flexibility index (Phi) is 8.66. The zero-order valence-electron chi connectivity index (χ0n) is 14.2. The zero-order chi connectivity index (χ0) is 16.6. The lowest BCUT2D eigenvalue weighted by atomic mass is 10.1. The maximum absolute atomic E-state index is 5.99. The molecule has 1 aromatic heterocycles. The van der Waals surface area contributed by atoms with Crippen molar-refractivity contribution in [3.8, 4) is 0 Å². The van der Waals surface area contributed by atoms with Gasteiger partial charge in [0.1, 0.15) is 0 Å². The molecule has 1 saturated heterocycles. The second-order valence-corrected chi connectivity index (χ2v) is 6.82. The molecule has 0 saturated carbocycles. The van der Waals surface area contributed by atoms with Crippen molar-refractivity contribution in [3.63, 3.8) is 0 Å². The Bertz CT molecular complexity index is 657. The fourth-order valence-electron chi connectivity index (χ4n) is 2.68. The second kappa shape index (κ2) is 10.7. The van der Waals surface area contributed by atoms with E-state index in [1.54, 1.807) is 11.3 Å². The van der Waals surface area contributed by atoms with E-state index in [-0.39, 0.29) is 24.0 Å². The molecular formula is C18H25IN4OS. The minimum Gasteiger partial charge on any atom is -0.379 e. The van der Waals surface area contributed by atoms with Crippen LogP contribution in [-0.4, -0.2) is 37.2 Å². The predicted molar refractivity (Wildman–Crippen MR) is 114 cm³/mol. The molecule has 0 amide bonds. The standard InChI is InChI=1S/C18H24N4OS.HI/c19-18(21-13-17-6-3-11-24-17)20-12-15-4-1-2-5-16(15)14-22-7-9-23-10-8-22;/h1-6,11H,7-10,12-14H2,(H3,19,20,21);1H. The Morgan fingerprint density at radius 1 is 1.16 bits per heavy atom. The number of nitrogens with two attached hydrogens (primary N) is 1. The number of halogens is 1. The van der Waals surface area contributed by atoms with Gasteiger partial charge in [-0.25, -0.2) is 4.99 Å². The van der Waals surface area contributed by atoms with Gasteiger partial charge in [0.2, 0.25) is 0 Å². The van der Waals surface area contributed by atoms with Crippen LogP contribution in [0.1, 0.15) is 16.0 Å². The van der Waals surface area contributed by atoms with E-state index in [1.165, 1.54) is 16.0 Å². The summed E-state index contributed by atoms with van der Waals surface area (Å²) in [5.74, 6) is 0.490. The topological polar surface area (TPSA) is 62.9 Å². The van der Waals surface area contributed by atoms with Crippen LogP contribution in [0.25, 0.3) is 0 Å². The molecule has 25 heavy (non-hydrogen) atoms. The summed E-state index contributed by atoms with van der Waals surface area (Å²) in [6.45, 7) is 5.88. The molecule has 0 unspecified atom stereocenters. The first-order chi connectivity index (χ1) is 11.8. The first-order valence-electron chi connectivity index (χ1n) is 8.24. The van der Waals surface area contributed by atoms with Crippen LogP contribution in [0.15, 0.2) is 46.8 Å². The number of nitrogens with one attached hydrogen (secondary N) is 1. The van der Waals surface area contributed by atoms with E-state index in [9.17, 15) is 0 Å². The van der Waals surface area contributed by atoms with Gasteiger partial charge in [-0.15, -0.1) is 35.3 Å². The molecule has 2 aromatic rings. The third-order valence-electron chi connectivity index (χ3n) is 4.06. The maximum atomic E-state index is 5.99. The third-order valence-corrected chi connectivity index (χ3v) is 4.94. The van der Waals surface area contributed by atoms with Gasteiger partial charge in [0.05, 0.1) is 26.3 Å². The van der Waals surface area contributed by atoms with Crippen LogP contribution in [0.2, 0.25) is 0 Å². The van der Waals surface area contributed by atoms with Gasteiger partial charge in [0.15, 0.2) is 5.96 Å². The van der Waals surface area contributed by atoms with Gasteiger partial charge in [-0.2, -0.15) is 0 Å². The minimum atomic E-state index is 0. The van der Waals surface area contributed by atoms with E-state index in [0.29, 0.717) is 12.5 Å². The molecule has 2 heterocycles. The van der Waals surface area contributed by atoms with Crippen LogP contribution < -0.4 is 11.1 Å². The molecule has 1 aromatic carbocycles. The first-order valence-corrected chi connectivity index (χ1v) is 9.12. The normalized spacial score (nSPS) is 15.6. The van der Waals surface area contributed by atoms with Crippen molar-refractivity contribution in [2.45, 2.75) is 19.6 Å². The number of ether oxygens (including phenoxy) is 1. The molecule has 3 N–H and O–H groups in total. The van der Waals surface area contributed by atoms with Crippen LogP contribution in [0.3, 0.4) is 0 Å². The SMILES string of the molecule is I.NC(=NCc1ccccc1CN1CCOCC1)NCc1cccs1.